The van der Waals surface area contributed by atoms with Gasteiger partial charge in [-0.05, 0) is 88.0 Å². The fourth-order valence-corrected chi connectivity index (χ4v) is 15.7. The summed E-state index contributed by atoms with van der Waals surface area (Å²) in [5.41, 5.74) is 4.60. The zero-order chi connectivity index (χ0) is 91.8. The lowest BCUT2D eigenvalue weighted by molar-refractivity contribution is -0.386. The van der Waals surface area contributed by atoms with Crippen molar-refractivity contribution >= 4 is 29.6 Å². The Kier molecular flexibility index (Phi) is 26.5. The van der Waals surface area contributed by atoms with Gasteiger partial charge in [-0.3, -0.25) is 10.1 Å². The van der Waals surface area contributed by atoms with E-state index in [9.17, 15) is 20.3 Å². The summed E-state index contributed by atoms with van der Waals surface area (Å²) in [7, 11) is 0. The third-order valence-electron chi connectivity index (χ3n) is 22.4. The SMILES string of the molecule is O=C(OC[C@H]1O[C@@H](OCc2ccccc2[N+](=O)[O-])[C@H](OC(=O)c2cc(OCc3ccccc3)c(OCc3ccccc3)c(OCc3ccccc3)c2)[C@@H](OC(=O)c2cc(OCc3ccccc3)c(OCc3ccccc3)c(OCc3ccccc3)c2)[C@@H]1OC(=O)c1cc(O)c2c(c1)OC(c1ccccc1)(c1ccccc1)O2)c1cc(O)c2c(c1)OC(c1ccccc1)(c1ccccc1)O2. The number of nitrogens with zero attached hydrogens (tertiary/aromatic N) is 1. The van der Waals surface area contributed by atoms with E-state index in [0.29, 0.717) is 33.4 Å². The van der Waals surface area contributed by atoms with E-state index < -0.39 is 107 Å². The maximum atomic E-state index is 16.7. The number of para-hydroxylation sites is 1. The minimum atomic E-state index is -2.28. The highest BCUT2D eigenvalue weighted by Crippen LogP contribution is 2.55. The number of carbonyl (C=O) groups is 4. The van der Waals surface area contributed by atoms with E-state index in [-0.39, 0.29) is 119 Å². The van der Waals surface area contributed by atoms with Crippen molar-refractivity contribution in [1.82, 2.24) is 0 Å². The van der Waals surface area contributed by atoms with Crippen molar-refractivity contribution in [2.75, 3.05) is 6.61 Å². The van der Waals surface area contributed by atoms with E-state index in [2.05, 4.69) is 0 Å². The number of aromatic hydroxyl groups is 2. The highest BCUT2D eigenvalue weighted by atomic mass is 16.8. The molecule has 25 nitrogen and oxygen atoms in total. The van der Waals surface area contributed by atoms with Crippen LogP contribution >= 0.6 is 0 Å². The van der Waals surface area contributed by atoms with Gasteiger partial charge in [-0.25, -0.2) is 19.2 Å². The number of esters is 4. The van der Waals surface area contributed by atoms with Crippen molar-refractivity contribution in [2.45, 2.75) is 88.5 Å². The van der Waals surface area contributed by atoms with Gasteiger partial charge in [0.2, 0.25) is 23.0 Å². The summed E-state index contributed by atoms with van der Waals surface area (Å²) in [6.07, 6.45) is -10.8. The van der Waals surface area contributed by atoms with E-state index in [1.165, 1.54) is 60.7 Å². The molecule has 18 rings (SSSR count). The molecule has 0 unspecified atom stereocenters. The molecule has 0 amide bonds. The molecular weight excluding hydrogens is 1710 g/mol. The number of benzene rings is 15. The van der Waals surface area contributed by atoms with Crippen LogP contribution in [-0.4, -0.2) is 76.3 Å². The summed E-state index contributed by atoms with van der Waals surface area (Å²) in [5, 5.41) is 37.4. The first-order chi connectivity index (χ1) is 65.6. The van der Waals surface area contributed by atoms with E-state index in [1.54, 1.807) is 109 Å². The van der Waals surface area contributed by atoms with E-state index >= 15 is 19.2 Å². The van der Waals surface area contributed by atoms with Crippen LogP contribution in [0.4, 0.5) is 5.69 Å². The van der Waals surface area contributed by atoms with Gasteiger partial charge in [-0.15, -0.1) is 0 Å². The number of ether oxygens (including phenoxy) is 16. The van der Waals surface area contributed by atoms with Crippen LogP contribution in [0.3, 0.4) is 0 Å². The summed E-state index contributed by atoms with van der Waals surface area (Å²) in [6.45, 7) is -2.10. The average molecular weight is 1790 g/mol. The monoisotopic (exact) mass is 1790 g/mol. The van der Waals surface area contributed by atoms with Gasteiger partial charge in [0, 0.05) is 28.3 Å². The third kappa shape index (κ3) is 19.9. The Hall–Kier alpha value is -16.9. The van der Waals surface area contributed by atoms with Crippen LogP contribution in [0.25, 0.3) is 0 Å². The van der Waals surface area contributed by atoms with Gasteiger partial charge < -0.3 is 86.0 Å². The maximum Gasteiger partial charge on any atom is 0.339 e. The lowest BCUT2D eigenvalue weighted by Gasteiger charge is -2.44. The average Bonchev–Trinajstić information content (AvgIpc) is 1.59. The highest BCUT2D eigenvalue weighted by Gasteiger charge is 2.55. The predicted octanol–water partition coefficient (Wildman–Crippen LogP) is 20.6. The van der Waals surface area contributed by atoms with Crippen molar-refractivity contribution in [2.24, 2.45) is 0 Å². The summed E-state index contributed by atoms with van der Waals surface area (Å²) >= 11 is 0. The first-order valence-electron chi connectivity index (χ1n) is 43.0. The molecule has 0 aliphatic carbocycles. The van der Waals surface area contributed by atoms with E-state index in [1.807, 2.05) is 194 Å². The Morgan fingerprint density at radius 2 is 0.612 bits per heavy atom. The standard InChI is InChI=1S/C109H85NO24/c111-87-55-78(61-93-96(87)133-108(131-93,82-46-23-7-24-47-82)83-48-25-8-26-49-83)103(113)125-70-95-100(128-104(114)79-56-88(112)97-94(62-79)132-109(134-97,84-50-27-9-28-51-84)85-52-29-10-30-53-85)101(129-105(115)80-57-89(119-63-71-33-11-1-12-34-71)98(123-67-75-41-19-5-20-42-75)90(58-80)120-64-72-35-13-2-14-36-72)102(107(127-95)126-69-77-45-31-32-54-86(77)110(117)118)130-106(116)81-59-91(121-65-73-37-15-3-16-38-73)99(124-68-76-43-21-6-22-44-76)92(60-81)122-66-74-39-17-4-18-40-74/h1-62,95,100-102,107,111-112H,63-70H2/t95-,100-,101+,102-,107-/m1/s1. The van der Waals surface area contributed by atoms with Crippen LogP contribution < -0.4 is 47.4 Å². The zero-order valence-electron chi connectivity index (χ0n) is 71.7. The molecule has 1 fully saturated rings. The molecule has 0 aromatic heterocycles. The van der Waals surface area contributed by atoms with Gasteiger partial charge in [0.05, 0.1) is 39.3 Å². The molecule has 25 heteroatoms. The molecule has 5 atom stereocenters. The minimum Gasteiger partial charge on any atom is -0.504 e. The van der Waals surface area contributed by atoms with Crippen molar-refractivity contribution in [3.05, 3.63) is 470 Å². The zero-order valence-corrected chi connectivity index (χ0v) is 71.7. The first kappa shape index (κ1) is 87.8. The second-order valence-corrected chi connectivity index (χ2v) is 31.4. The summed E-state index contributed by atoms with van der Waals surface area (Å²) in [5.74, 6) is -10.1. The number of phenolic OH excluding ortho intramolecular Hbond substituents is 2. The molecule has 3 heterocycles. The number of carbonyl (C=O) groups excluding carboxylic acids is 4. The Morgan fingerprint density at radius 3 is 0.955 bits per heavy atom. The van der Waals surface area contributed by atoms with Crippen molar-refractivity contribution in [3.63, 3.8) is 0 Å². The van der Waals surface area contributed by atoms with Gasteiger partial charge in [-0.2, -0.15) is 0 Å². The fraction of sp³-hybridized carbons (Fsp3) is 0.138. The Bertz CT molecular complexity index is 6430. The normalized spacial score (nSPS) is 15.8. The summed E-state index contributed by atoms with van der Waals surface area (Å²) in [4.78, 5) is 77.1. The molecule has 15 aromatic rings. The summed E-state index contributed by atoms with van der Waals surface area (Å²) in [6, 6.07) is 107. The molecule has 3 aliphatic heterocycles. The molecule has 3 aliphatic rings. The number of hydrogen-bond donors (Lipinski definition) is 2. The Labute approximate surface area is 769 Å². The Morgan fingerprint density at radius 1 is 0.321 bits per heavy atom. The number of phenols is 2. The molecule has 15 aromatic carbocycles. The first-order valence-corrected chi connectivity index (χ1v) is 43.0. The number of rotatable bonds is 35. The molecule has 0 bridgehead atoms. The molecule has 2 N–H and O–H groups in total. The van der Waals surface area contributed by atoms with E-state index in [4.69, 9.17) is 75.8 Å². The lowest BCUT2D eigenvalue weighted by atomic mass is 9.97. The van der Waals surface area contributed by atoms with Crippen molar-refractivity contribution in [3.8, 4) is 69.0 Å². The lowest BCUT2D eigenvalue weighted by Crippen LogP contribution is -2.63. The number of hydrogen-bond acceptors (Lipinski definition) is 24. The Balaban J connectivity index is 0.800. The van der Waals surface area contributed by atoms with Crippen LogP contribution in [0.2, 0.25) is 0 Å². The van der Waals surface area contributed by atoms with Gasteiger partial charge in [-0.1, -0.05) is 315 Å². The predicted molar refractivity (Wildman–Crippen MR) is 488 cm³/mol. The second kappa shape index (κ2) is 40.4. The van der Waals surface area contributed by atoms with Crippen molar-refractivity contribution < 1.29 is 110 Å². The van der Waals surface area contributed by atoms with Gasteiger partial charge >= 0.3 is 35.5 Å². The minimum absolute atomic E-state index is 0.0161. The molecule has 0 spiro atoms. The largest absolute Gasteiger partial charge is 0.504 e. The molecule has 134 heavy (non-hydrogen) atoms. The van der Waals surface area contributed by atoms with Crippen LogP contribution in [0.1, 0.15) is 103 Å². The topological polar surface area (TPSA) is 300 Å². The number of nitro benzene ring substituents is 1. The molecule has 0 radical (unpaired) electrons. The smallest absolute Gasteiger partial charge is 0.339 e. The third-order valence-corrected chi connectivity index (χ3v) is 22.4. The fourth-order valence-electron chi connectivity index (χ4n) is 15.7. The quantitative estimate of drug-likeness (QED) is 0.0161. The summed E-state index contributed by atoms with van der Waals surface area (Å²) < 4.78 is 108. The van der Waals surface area contributed by atoms with Crippen LogP contribution in [-0.2, 0) is 86.2 Å². The molecular formula is C109H85NO24. The highest BCUT2D eigenvalue weighted by molar-refractivity contribution is 5.94. The van der Waals surface area contributed by atoms with Gasteiger partial charge in [0.1, 0.15) is 52.4 Å². The number of nitro groups is 1. The van der Waals surface area contributed by atoms with Crippen LogP contribution in [0, 0.1) is 10.1 Å². The molecule has 1 saturated heterocycles. The van der Waals surface area contributed by atoms with E-state index in [0.717, 1.165) is 34.4 Å². The van der Waals surface area contributed by atoms with Crippen LogP contribution in [0.15, 0.2) is 376 Å². The van der Waals surface area contributed by atoms with Crippen molar-refractivity contribution in [1.29, 1.82) is 0 Å². The van der Waals surface area contributed by atoms with Crippen LogP contribution in [0.5, 0.6) is 69.0 Å². The second-order valence-electron chi connectivity index (χ2n) is 31.4. The van der Waals surface area contributed by atoms with Gasteiger partial charge in [0.15, 0.2) is 70.6 Å². The van der Waals surface area contributed by atoms with Gasteiger partial charge in [0.25, 0.3) is 5.69 Å². The maximum absolute atomic E-state index is 16.7. The number of fused-ring (bicyclic) bond motifs is 2. The molecule has 0 saturated carbocycles. The molecule has 670 valence electrons.